The Morgan fingerprint density at radius 3 is 2.87 bits per heavy atom. The van der Waals surface area contributed by atoms with E-state index in [1.807, 2.05) is 41.2 Å². The largest absolute Gasteiger partial charge is 0.454 e. The molecule has 3 aromatic rings. The summed E-state index contributed by atoms with van der Waals surface area (Å²) in [5.74, 6) is 1.20. The monoisotopic (exact) mass is 308 g/mol. The number of hydrogen-bond donors (Lipinski definition) is 1. The number of para-hydroxylation sites is 1. The third kappa shape index (κ3) is 3.05. The van der Waals surface area contributed by atoms with Gasteiger partial charge in [0, 0.05) is 23.1 Å². The van der Waals surface area contributed by atoms with Gasteiger partial charge in [-0.25, -0.2) is 9.67 Å². The van der Waals surface area contributed by atoms with Crippen LogP contribution in [0, 0.1) is 0 Å². The molecule has 0 saturated carbocycles. The van der Waals surface area contributed by atoms with Crippen molar-refractivity contribution in [3.8, 4) is 5.88 Å². The number of piperidine rings is 1. The second kappa shape index (κ2) is 6.38. The molecule has 23 heavy (non-hydrogen) atoms. The number of pyridine rings is 1. The Morgan fingerprint density at radius 2 is 1.96 bits per heavy atom. The van der Waals surface area contributed by atoms with Crippen molar-refractivity contribution in [2.24, 2.45) is 0 Å². The van der Waals surface area contributed by atoms with Crippen molar-refractivity contribution in [3.63, 3.8) is 0 Å². The molecule has 0 atom stereocenters. The minimum atomic E-state index is 0.371. The molecule has 0 bridgehead atoms. The summed E-state index contributed by atoms with van der Waals surface area (Å²) in [6, 6.07) is 14.2. The first-order chi connectivity index (χ1) is 11.4. The summed E-state index contributed by atoms with van der Waals surface area (Å²) < 4.78 is 7.72. The zero-order valence-electron chi connectivity index (χ0n) is 13.0. The fraction of sp³-hybridized carbons (Fsp3) is 0.333. The molecule has 4 rings (SSSR count). The number of rotatable bonds is 4. The summed E-state index contributed by atoms with van der Waals surface area (Å²) >= 11 is 0. The highest BCUT2D eigenvalue weighted by Crippen LogP contribution is 2.25. The average molecular weight is 308 g/mol. The average Bonchev–Trinajstić information content (AvgIpc) is 3.04. The molecule has 1 fully saturated rings. The molecule has 1 aliphatic rings. The van der Waals surface area contributed by atoms with Crippen LogP contribution in [0.5, 0.6) is 5.88 Å². The van der Waals surface area contributed by atoms with E-state index in [1.54, 1.807) is 0 Å². The van der Waals surface area contributed by atoms with Gasteiger partial charge in [0.1, 0.15) is 0 Å². The smallest absolute Gasteiger partial charge is 0.215 e. The molecular weight excluding hydrogens is 288 g/mol. The maximum Gasteiger partial charge on any atom is 0.215 e. The van der Waals surface area contributed by atoms with Crippen molar-refractivity contribution in [1.29, 1.82) is 0 Å². The third-order valence-electron chi connectivity index (χ3n) is 4.39. The highest BCUT2D eigenvalue weighted by Gasteiger charge is 2.16. The number of fused-ring (bicyclic) bond motifs is 1. The molecule has 0 spiro atoms. The number of ether oxygens (including phenoxy) is 1. The third-order valence-corrected chi connectivity index (χ3v) is 4.39. The minimum absolute atomic E-state index is 0.371. The van der Waals surface area contributed by atoms with E-state index in [9.17, 15) is 0 Å². The fourth-order valence-corrected chi connectivity index (χ4v) is 3.11. The molecule has 0 aliphatic carbocycles. The molecule has 0 unspecified atom stereocenters. The highest BCUT2D eigenvalue weighted by molar-refractivity contribution is 5.78. The van der Waals surface area contributed by atoms with Gasteiger partial charge in [-0.3, -0.25) is 0 Å². The Labute approximate surface area is 135 Å². The van der Waals surface area contributed by atoms with Gasteiger partial charge < -0.3 is 10.1 Å². The lowest BCUT2D eigenvalue weighted by Crippen LogP contribution is -2.27. The maximum atomic E-state index is 5.86. The number of nitrogens with zero attached hydrogens (tertiary/aromatic N) is 3. The van der Waals surface area contributed by atoms with Crippen LogP contribution in [0.4, 0.5) is 0 Å². The Hall–Kier alpha value is -2.40. The molecule has 2 aromatic heterocycles. The lowest BCUT2D eigenvalue weighted by Gasteiger charge is -2.22. The first-order valence-corrected chi connectivity index (χ1v) is 8.11. The van der Waals surface area contributed by atoms with Gasteiger partial charge >= 0.3 is 0 Å². The van der Waals surface area contributed by atoms with E-state index < -0.39 is 0 Å². The Kier molecular flexibility index (Phi) is 3.94. The number of nitrogens with one attached hydrogen (secondary N) is 1. The summed E-state index contributed by atoms with van der Waals surface area (Å²) in [7, 11) is 0. The van der Waals surface area contributed by atoms with Gasteiger partial charge in [-0.05, 0) is 38.1 Å². The van der Waals surface area contributed by atoms with Crippen molar-refractivity contribution in [2.45, 2.75) is 25.5 Å². The van der Waals surface area contributed by atoms with Crippen molar-refractivity contribution >= 4 is 10.9 Å². The topological polar surface area (TPSA) is 52.0 Å². The van der Waals surface area contributed by atoms with Gasteiger partial charge in [0.25, 0.3) is 0 Å². The van der Waals surface area contributed by atoms with E-state index in [4.69, 9.17) is 4.74 Å². The van der Waals surface area contributed by atoms with Crippen LogP contribution >= 0.6 is 0 Å². The van der Waals surface area contributed by atoms with Gasteiger partial charge in [-0.15, -0.1) is 0 Å². The van der Waals surface area contributed by atoms with Crippen LogP contribution in [0.1, 0.15) is 24.5 Å². The standard InChI is InChI=1S/C18H20N4O/c1-2-6-17-15(4-1)12-20-22(17)13-23-18-7-3-5-16(21-18)14-8-10-19-11-9-14/h1-7,12,14,19H,8-11,13H2. The summed E-state index contributed by atoms with van der Waals surface area (Å²) in [5.41, 5.74) is 2.20. The molecule has 1 aromatic carbocycles. The summed E-state index contributed by atoms with van der Waals surface area (Å²) in [6.45, 7) is 2.50. The molecule has 1 N–H and O–H groups in total. The molecule has 118 valence electrons. The second-order valence-corrected chi connectivity index (χ2v) is 5.90. The van der Waals surface area contributed by atoms with Crippen LogP contribution < -0.4 is 10.1 Å². The Morgan fingerprint density at radius 1 is 1.09 bits per heavy atom. The molecule has 0 radical (unpaired) electrons. The van der Waals surface area contributed by atoms with Gasteiger partial charge in [-0.2, -0.15) is 5.10 Å². The van der Waals surface area contributed by atoms with E-state index in [2.05, 4.69) is 27.5 Å². The fourth-order valence-electron chi connectivity index (χ4n) is 3.11. The van der Waals surface area contributed by atoms with Crippen molar-refractivity contribution in [2.75, 3.05) is 13.1 Å². The second-order valence-electron chi connectivity index (χ2n) is 5.90. The van der Waals surface area contributed by atoms with E-state index in [0.717, 1.165) is 42.5 Å². The SMILES string of the molecule is c1cc(OCn2ncc3ccccc32)nc(C2CCNCC2)c1. The normalized spacial score (nSPS) is 15.8. The number of hydrogen-bond acceptors (Lipinski definition) is 4. The summed E-state index contributed by atoms with van der Waals surface area (Å²) in [4.78, 5) is 4.68. The predicted molar refractivity (Wildman–Crippen MR) is 89.4 cm³/mol. The van der Waals surface area contributed by atoms with Gasteiger partial charge in [0.05, 0.1) is 11.7 Å². The minimum Gasteiger partial charge on any atom is -0.454 e. The van der Waals surface area contributed by atoms with Gasteiger partial charge in [0.2, 0.25) is 5.88 Å². The van der Waals surface area contributed by atoms with Gasteiger partial charge in [0.15, 0.2) is 6.73 Å². The first kappa shape index (κ1) is 14.2. The zero-order chi connectivity index (χ0) is 15.5. The zero-order valence-corrected chi connectivity index (χ0v) is 13.0. The van der Waals surface area contributed by atoms with E-state index >= 15 is 0 Å². The van der Waals surface area contributed by atoms with Crippen LogP contribution in [-0.4, -0.2) is 27.9 Å². The van der Waals surface area contributed by atoms with Crippen LogP contribution in [0.25, 0.3) is 10.9 Å². The van der Waals surface area contributed by atoms with Crippen molar-refractivity contribution in [3.05, 3.63) is 54.4 Å². The predicted octanol–water partition coefficient (Wildman–Crippen LogP) is 2.93. The van der Waals surface area contributed by atoms with Crippen LogP contribution in [-0.2, 0) is 6.73 Å². The quantitative estimate of drug-likeness (QED) is 0.805. The molecular formula is C18H20N4O. The lowest BCUT2D eigenvalue weighted by molar-refractivity contribution is 0.216. The number of aromatic nitrogens is 3. The Balaban J connectivity index is 1.48. The number of benzene rings is 1. The molecule has 1 aliphatic heterocycles. The first-order valence-electron chi connectivity index (χ1n) is 8.11. The Bertz CT molecular complexity index is 792. The van der Waals surface area contributed by atoms with Crippen molar-refractivity contribution in [1.82, 2.24) is 20.1 Å². The molecule has 0 amide bonds. The summed E-state index contributed by atoms with van der Waals surface area (Å²) in [5, 5.41) is 8.89. The van der Waals surface area contributed by atoms with E-state index in [1.165, 1.54) is 0 Å². The van der Waals surface area contributed by atoms with E-state index in [0.29, 0.717) is 18.5 Å². The van der Waals surface area contributed by atoms with Gasteiger partial charge in [-0.1, -0.05) is 24.3 Å². The maximum absolute atomic E-state index is 5.86. The molecule has 1 saturated heterocycles. The van der Waals surface area contributed by atoms with E-state index in [-0.39, 0.29) is 0 Å². The molecule has 5 nitrogen and oxygen atoms in total. The molecule has 3 heterocycles. The lowest BCUT2D eigenvalue weighted by atomic mass is 9.94. The molecule has 5 heteroatoms. The highest BCUT2D eigenvalue weighted by atomic mass is 16.5. The van der Waals surface area contributed by atoms with Crippen molar-refractivity contribution < 1.29 is 4.74 Å². The van der Waals surface area contributed by atoms with Crippen LogP contribution in [0.15, 0.2) is 48.7 Å². The van der Waals surface area contributed by atoms with Crippen LogP contribution in [0.3, 0.4) is 0 Å². The van der Waals surface area contributed by atoms with Crippen LogP contribution in [0.2, 0.25) is 0 Å². The summed E-state index contributed by atoms with van der Waals surface area (Å²) in [6.07, 6.45) is 4.14.